The first kappa shape index (κ1) is 16.1. The van der Waals surface area contributed by atoms with Gasteiger partial charge in [0.05, 0.1) is 6.54 Å². The van der Waals surface area contributed by atoms with Crippen LogP contribution >= 0.6 is 0 Å². The molecule has 0 bridgehead atoms. The molecule has 1 amide bonds. The van der Waals surface area contributed by atoms with Crippen molar-refractivity contribution in [2.24, 2.45) is 0 Å². The van der Waals surface area contributed by atoms with Crippen molar-refractivity contribution < 1.29 is 13.6 Å². The van der Waals surface area contributed by atoms with Gasteiger partial charge >= 0.3 is 0 Å². The van der Waals surface area contributed by atoms with Gasteiger partial charge in [-0.3, -0.25) is 4.79 Å². The minimum Gasteiger partial charge on any atom is -0.351 e. The fraction of sp³-hybridized carbons (Fsp3) is 0.235. The molecular weight excluding hydrogens is 286 g/mol. The second-order valence-electron chi connectivity index (χ2n) is 5.04. The molecule has 0 fully saturated rings. The number of hydrogen-bond donors (Lipinski definition) is 2. The average Bonchev–Trinajstić information content (AvgIpc) is 2.54. The molecule has 0 aliphatic rings. The van der Waals surface area contributed by atoms with Gasteiger partial charge in [0.25, 0.3) is 0 Å². The summed E-state index contributed by atoms with van der Waals surface area (Å²) in [5.41, 5.74) is 1.61. The van der Waals surface area contributed by atoms with E-state index in [2.05, 4.69) is 10.6 Å². The first-order chi connectivity index (χ1) is 10.6. The molecule has 116 valence electrons. The van der Waals surface area contributed by atoms with Crippen LogP contribution in [0.2, 0.25) is 0 Å². The van der Waals surface area contributed by atoms with Crippen LogP contribution in [0.4, 0.5) is 8.78 Å². The van der Waals surface area contributed by atoms with Crippen molar-refractivity contribution in [1.29, 1.82) is 0 Å². The maximum Gasteiger partial charge on any atom is 0.234 e. The molecule has 5 heteroatoms. The molecule has 0 radical (unpaired) electrons. The lowest BCUT2D eigenvalue weighted by molar-refractivity contribution is -0.120. The molecule has 0 heterocycles. The monoisotopic (exact) mass is 304 g/mol. The van der Waals surface area contributed by atoms with Gasteiger partial charge in [0.2, 0.25) is 5.91 Å². The summed E-state index contributed by atoms with van der Waals surface area (Å²) in [5, 5.41) is 5.77. The van der Waals surface area contributed by atoms with Gasteiger partial charge in [0.1, 0.15) is 0 Å². The Hall–Kier alpha value is -2.27. The van der Waals surface area contributed by atoms with Gasteiger partial charge in [-0.25, -0.2) is 8.78 Å². The lowest BCUT2D eigenvalue weighted by Crippen LogP contribution is -2.34. The SMILES string of the molecule is C[C@H](NCC(=O)NCc1ccccc1)c1ccc(F)c(F)c1. The summed E-state index contributed by atoms with van der Waals surface area (Å²) in [6, 6.07) is 13.0. The highest BCUT2D eigenvalue weighted by atomic mass is 19.2. The highest BCUT2D eigenvalue weighted by molar-refractivity contribution is 5.78. The van der Waals surface area contributed by atoms with E-state index in [0.717, 1.165) is 17.7 Å². The van der Waals surface area contributed by atoms with Crippen LogP contribution in [0.15, 0.2) is 48.5 Å². The van der Waals surface area contributed by atoms with Crippen molar-refractivity contribution >= 4 is 5.91 Å². The van der Waals surface area contributed by atoms with Crippen LogP contribution < -0.4 is 10.6 Å². The molecule has 0 aromatic heterocycles. The van der Waals surface area contributed by atoms with Gasteiger partial charge in [0, 0.05) is 12.6 Å². The third-order valence-electron chi connectivity index (χ3n) is 3.34. The molecule has 2 N–H and O–H groups in total. The van der Waals surface area contributed by atoms with Gasteiger partial charge in [0.15, 0.2) is 11.6 Å². The summed E-state index contributed by atoms with van der Waals surface area (Å²) >= 11 is 0. The average molecular weight is 304 g/mol. The fourth-order valence-corrected chi connectivity index (χ4v) is 2.00. The molecule has 0 aliphatic carbocycles. The third kappa shape index (κ3) is 4.63. The summed E-state index contributed by atoms with van der Waals surface area (Å²) in [6.07, 6.45) is 0. The summed E-state index contributed by atoms with van der Waals surface area (Å²) in [4.78, 5) is 11.8. The highest BCUT2D eigenvalue weighted by Crippen LogP contribution is 2.15. The highest BCUT2D eigenvalue weighted by Gasteiger charge is 2.10. The molecule has 0 saturated carbocycles. The predicted molar refractivity (Wildman–Crippen MR) is 81.1 cm³/mol. The molecule has 1 atom stereocenters. The Labute approximate surface area is 128 Å². The normalized spacial score (nSPS) is 12.0. The molecular formula is C17H18F2N2O. The van der Waals surface area contributed by atoms with E-state index in [1.807, 2.05) is 30.3 Å². The number of amides is 1. The Bertz CT molecular complexity index is 632. The summed E-state index contributed by atoms with van der Waals surface area (Å²) in [5.74, 6) is -1.92. The van der Waals surface area contributed by atoms with Crippen molar-refractivity contribution in [3.8, 4) is 0 Å². The van der Waals surface area contributed by atoms with Crippen LogP contribution in [0.25, 0.3) is 0 Å². The van der Waals surface area contributed by atoms with Gasteiger partial charge in [-0.2, -0.15) is 0 Å². The summed E-state index contributed by atoms with van der Waals surface area (Å²) in [6.45, 7) is 2.35. The number of hydrogen-bond acceptors (Lipinski definition) is 2. The number of rotatable bonds is 6. The quantitative estimate of drug-likeness (QED) is 0.861. The zero-order valence-electron chi connectivity index (χ0n) is 12.3. The Morgan fingerprint density at radius 3 is 2.50 bits per heavy atom. The first-order valence-corrected chi connectivity index (χ1v) is 7.05. The van der Waals surface area contributed by atoms with E-state index in [0.29, 0.717) is 12.1 Å². The lowest BCUT2D eigenvalue weighted by Gasteiger charge is -2.14. The van der Waals surface area contributed by atoms with Crippen LogP contribution in [0.1, 0.15) is 24.1 Å². The van der Waals surface area contributed by atoms with Gasteiger partial charge < -0.3 is 10.6 Å². The summed E-state index contributed by atoms with van der Waals surface area (Å²) in [7, 11) is 0. The van der Waals surface area contributed by atoms with Crippen molar-refractivity contribution in [1.82, 2.24) is 10.6 Å². The minimum atomic E-state index is -0.889. The van der Waals surface area contributed by atoms with Gasteiger partial charge in [-0.1, -0.05) is 36.4 Å². The van der Waals surface area contributed by atoms with E-state index >= 15 is 0 Å². The number of carbonyl (C=O) groups is 1. The maximum atomic E-state index is 13.2. The Balaban J connectivity index is 1.79. The minimum absolute atomic E-state index is 0.104. The number of halogens is 2. The van der Waals surface area contributed by atoms with Crippen LogP contribution in [0, 0.1) is 11.6 Å². The first-order valence-electron chi connectivity index (χ1n) is 7.05. The van der Waals surface area contributed by atoms with E-state index in [1.54, 1.807) is 6.92 Å². The second-order valence-corrected chi connectivity index (χ2v) is 5.04. The third-order valence-corrected chi connectivity index (χ3v) is 3.34. The molecule has 2 aromatic rings. The topological polar surface area (TPSA) is 41.1 Å². The van der Waals surface area contributed by atoms with Gasteiger partial charge in [-0.05, 0) is 30.2 Å². The molecule has 22 heavy (non-hydrogen) atoms. The van der Waals surface area contributed by atoms with Crippen LogP contribution in [0.5, 0.6) is 0 Å². The molecule has 0 spiro atoms. The maximum absolute atomic E-state index is 13.2. The second kappa shape index (κ2) is 7.66. The zero-order valence-corrected chi connectivity index (χ0v) is 12.3. The van der Waals surface area contributed by atoms with E-state index < -0.39 is 11.6 Å². The largest absolute Gasteiger partial charge is 0.351 e. The van der Waals surface area contributed by atoms with Crippen molar-refractivity contribution in [2.75, 3.05) is 6.54 Å². The van der Waals surface area contributed by atoms with Crippen LogP contribution in [-0.4, -0.2) is 12.5 Å². The lowest BCUT2D eigenvalue weighted by atomic mass is 10.1. The number of benzene rings is 2. The van der Waals surface area contributed by atoms with Crippen molar-refractivity contribution in [2.45, 2.75) is 19.5 Å². The van der Waals surface area contributed by atoms with Crippen molar-refractivity contribution in [3.63, 3.8) is 0 Å². The smallest absolute Gasteiger partial charge is 0.234 e. The summed E-state index contributed by atoms with van der Waals surface area (Å²) < 4.78 is 26.0. The number of nitrogens with one attached hydrogen (secondary N) is 2. The van der Waals surface area contributed by atoms with E-state index in [9.17, 15) is 13.6 Å². The standard InChI is InChI=1S/C17H18F2N2O/c1-12(14-7-8-15(18)16(19)9-14)20-11-17(22)21-10-13-5-3-2-4-6-13/h2-9,12,20H,10-11H2,1H3,(H,21,22)/t12-/m0/s1. The van der Waals surface area contributed by atoms with Gasteiger partial charge in [-0.15, -0.1) is 0 Å². The molecule has 0 saturated heterocycles. The fourth-order valence-electron chi connectivity index (χ4n) is 2.00. The van der Waals surface area contributed by atoms with E-state index in [-0.39, 0.29) is 18.5 Å². The molecule has 2 rings (SSSR count). The van der Waals surface area contributed by atoms with Crippen molar-refractivity contribution in [3.05, 3.63) is 71.3 Å². The Kier molecular flexibility index (Phi) is 5.61. The Morgan fingerprint density at radius 2 is 1.82 bits per heavy atom. The molecule has 3 nitrogen and oxygen atoms in total. The number of carbonyl (C=O) groups excluding carboxylic acids is 1. The van der Waals surface area contributed by atoms with E-state index in [4.69, 9.17) is 0 Å². The van der Waals surface area contributed by atoms with Crippen LogP contribution in [0.3, 0.4) is 0 Å². The van der Waals surface area contributed by atoms with Crippen LogP contribution in [-0.2, 0) is 11.3 Å². The Morgan fingerprint density at radius 1 is 1.09 bits per heavy atom. The molecule has 2 aromatic carbocycles. The molecule has 0 unspecified atom stereocenters. The zero-order chi connectivity index (χ0) is 15.9. The molecule has 0 aliphatic heterocycles. The predicted octanol–water partition coefficient (Wildman–Crippen LogP) is 2.93. The van der Waals surface area contributed by atoms with E-state index in [1.165, 1.54) is 6.07 Å².